The fraction of sp³-hybridized carbons (Fsp3) is 0.467. The van der Waals surface area contributed by atoms with E-state index < -0.39 is 9.84 Å². The van der Waals surface area contributed by atoms with E-state index in [2.05, 4.69) is 10.1 Å². The Hall–Kier alpha value is -1.96. The quantitative estimate of drug-likeness (QED) is 0.768. The Bertz CT molecular complexity index is 799. The molecule has 0 unspecified atom stereocenters. The fourth-order valence-electron chi connectivity index (χ4n) is 2.55. The van der Waals surface area contributed by atoms with Crippen molar-refractivity contribution in [2.45, 2.75) is 25.9 Å². The maximum Gasteiger partial charge on any atom is 0.227 e. The van der Waals surface area contributed by atoms with Gasteiger partial charge in [0.15, 0.2) is 6.61 Å². The van der Waals surface area contributed by atoms with Gasteiger partial charge in [0.25, 0.3) is 0 Å². The molecule has 3 rings (SSSR count). The van der Waals surface area contributed by atoms with Crippen LogP contribution in [0, 0.1) is 11.2 Å². The Morgan fingerprint density at radius 1 is 1.39 bits per heavy atom. The molecule has 1 heterocycles. The highest BCUT2D eigenvalue weighted by molar-refractivity contribution is 7.90. The van der Waals surface area contributed by atoms with Crippen LogP contribution in [0.15, 0.2) is 28.8 Å². The number of aromatic nitrogens is 2. The molecule has 0 amide bonds. The zero-order chi connectivity index (χ0) is 16.5. The zero-order valence-corrected chi connectivity index (χ0v) is 13.5. The minimum Gasteiger partial charge on any atom is -0.485 e. The predicted molar refractivity (Wildman–Crippen MR) is 80.1 cm³/mol. The Balaban J connectivity index is 1.58. The van der Waals surface area contributed by atoms with Crippen molar-refractivity contribution in [3.05, 3.63) is 41.8 Å². The zero-order valence-electron chi connectivity index (χ0n) is 12.7. The lowest BCUT2D eigenvalue weighted by molar-refractivity contribution is 0.283. The van der Waals surface area contributed by atoms with Gasteiger partial charge in [-0.2, -0.15) is 4.98 Å². The SMILES string of the molecule is CS(=O)(=O)CC1(Cc2nc(COc3cccc(F)c3)no2)CC1. The smallest absolute Gasteiger partial charge is 0.227 e. The van der Waals surface area contributed by atoms with Crippen molar-refractivity contribution in [2.75, 3.05) is 12.0 Å². The Labute approximate surface area is 133 Å². The van der Waals surface area contributed by atoms with Gasteiger partial charge in [-0.25, -0.2) is 12.8 Å². The first-order chi connectivity index (χ1) is 10.8. The van der Waals surface area contributed by atoms with Crippen LogP contribution < -0.4 is 4.74 Å². The second-order valence-electron chi connectivity index (χ2n) is 6.10. The van der Waals surface area contributed by atoms with Gasteiger partial charge in [0.1, 0.15) is 21.4 Å². The predicted octanol–water partition coefficient (Wildman–Crippen LogP) is 2.16. The number of sulfone groups is 1. The average molecular weight is 340 g/mol. The normalized spacial score (nSPS) is 16.3. The van der Waals surface area contributed by atoms with Crippen molar-refractivity contribution in [2.24, 2.45) is 5.41 Å². The molecular formula is C15H17FN2O4S. The van der Waals surface area contributed by atoms with Crippen molar-refractivity contribution < 1.29 is 22.1 Å². The summed E-state index contributed by atoms with van der Waals surface area (Å²) in [6, 6.07) is 5.78. The first kappa shape index (κ1) is 15.9. The van der Waals surface area contributed by atoms with Crippen molar-refractivity contribution >= 4 is 9.84 Å². The van der Waals surface area contributed by atoms with E-state index in [-0.39, 0.29) is 23.6 Å². The molecule has 23 heavy (non-hydrogen) atoms. The summed E-state index contributed by atoms with van der Waals surface area (Å²) in [4.78, 5) is 4.21. The number of nitrogens with zero attached hydrogens (tertiary/aromatic N) is 2. The molecule has 1 aliphatic carbocycles. The highest BCUT2D eigenvalue weighted by Gasteiger charge is 2.46. The summed E-state index contributed by atoms with van der Waals surface area (Å²) in [5, 5.41) is 3.81. The molecule has 1 aromatic carbocycles. The highest BCUT2D eigenvalue weighted by Crippen LogP contribution is 2.49. The maximum atomic E-state index is 13.0. The van der Waals surface area contributed by atoms with E-state index in [1.807, 2.05) is 0 Å². The summed E-state index contributed by atoms with van der Waals surface area (Å²) < 4.78 is 46.5. The van der Waals surface area contributed by atoms with Crippen LogP contribution in [0.2, 0.25) is 0 Å². The maximum absolute atomic E-state index is 13.0. The number of halogens is 1. The molecular weight excluding hydrogens is 323 g/mol. The van der Waals surface area contributed by atoms with Gasteiger partial charge < -0.3 is 9.26 Å². The van der Waals surface area contributed by atoms with E-state index in [9.17, 15) is 12.8 Å². The van der Waals surface area contributed by atoms with Crippen LogP contribution in [0.5, 0.6) is 5.75 Å². The number of benzene rings is 1. The summed E-state index contributed by atoms with van der Waals surface area (Å²) >= 11 is 0. The number of ether oxygens (including phenoxy) is 1. The van der Waals surface area contributed by atoms with E-state index in [1.54, 1.807) is 12.1 Å². The van der Waals surface area contributed by atoms with E-state index in [1.165, 1.54) is 18.4 Å². The topological polar surface area (TPSA) is 82.3 Å². The number of rotatable bonds is 7. The van der Waals surface area contributed by atoms with Gasteiger partial charge in [-0.15, -0.1) is 0 Å². The average Bonchev–Trinajstić information content (AvgIpc) is 3.03. The lowest BCUT2D eigenvalue weighted by atomic mass is 10.1. The van der Waals surface area contributed by atoms with Gasteiger partial charge in [-0.3, -0.25) is 0 Å². The van der Waals surface area contributed by atoms with Crippen LogP contribution in [-0.2, 0) is 22.9 Å². The Kier molecular flexibility index (Phi) is 4.09. The molecule has 8 heteroatoms. The summed E-state index contributed by atoms with van der Waals surface area (Å²) in [7, 11) is -3.03. The molecule has 0 bridgehead atoms. The monoisotopic (exact) mass is 340 g/mol. The first-order valence-corrected chi connectivity index (χ1v) is 9.27. The molecule has 0 atom stereocenters. The minimum absolute atomic E-state index is 0.0615. The van der Waals surface area contributed by atoms with E-state index >= 15 is 0 Å². The number of hydrogen-bond donors (Lipinski definition) is 0. The molecule has 0 spiro atoms. The molecule has 1 fully saturated rings. The summed E-state index contributed by atoms with van der Waals surface area (Å²) in [6.07, 6.45) is 3.38. The van der Waals surface area contributed by atoms with Gasteiger partial charge >= 0.3 is 0 Å². The van der Waals surface area contributed by atoms with Gasteiger partial charge in [0.05, 0.1) is 5.75 Å². The van der Waals surface area contributed by atoms with Crippen LogP contribution in [0.25, 0.3) is 0 Å². The van der Waals surface area contributed by atoms with Gasteiger partial charge in [-0.05, 0) is 30.4 Å². The van der Waals surface area contributed by atoms with Crippen molar-refractivity contribution in [1.29, 1.82) is 0 Å². The van der Waals surface area contributed by atoms with Gasteiger partial charge in [0, 0.05) is 18.7 Å². The van der Waals surface area contributed by atoms with Crippen LogP contribution in [-0.4, -0.2) is 30.6 Å². The molecule has 2 aromatic rings. The van der Waals surface area contributed by atoms with E-state index in [4.69, 9.17) is 9.26 Å². The highest BCUT2D eigenvalue weighted by atomic mass is 32.2. The minimum atomic E-state index is -3.03. The third-order valence-electron chi connectivity index (χ3n) is 3.73. The Morgan fingerprint density at radius 2 is 2.17 bits per heavy atom. The van der Waals surface area contributed by atoms with Crippen molar-refractivity contribution in [1.82, 2.24) is 10.1 Å². The molecule has 0 aliphatic heterocycles. The van der Waals surface area contributed by atoms with E-state index in [0.717, 1.165) is 12.8 Å². The summed E-state index contributed by atoms with van der Waals surface area (Å²) in [5.41, 5.74) is -0.263. The Morgan fingerprint density at radius 3 is 2.83 bits per heavy atom. The fourth-order valence-corrected chi connectivity index (χ4v) is 4.05. The molecule has 6 nitrogen and oxygen atoms in total. The molecule has 124 valence electrons. The standard InChI is InChI=1S/C15H17FN2O4S/c1-23(19,20)10-15(5-6-15)8-14-17-13(18-22-14)9-21-12-4-2-3-11(16)7-12/h2-4,7H,5-6,8-10H2,1H3. The molecule has 1 aromatic heterocycles. The summed E-state index contributed by atoms with van der Waals surface area (Å²) in [6.45, 7) is 0.0615. The third kappa shape index (κ3) is 4.51. The van der Waals surface area contributed by atoms with Crippen molar-refractivity contribution in [3.8, 4) is 5.75 Å². The third-order valence-corrected chi connectivity index (χ3v) is 4.86. The lowest BCUT2D eigenvalue weighted by Crippen LogP contribution is -2.18. The van der Waals surface area contributed by atoms with Crippen LogP contribution in [0.3, 0.4) is 0 Å². The van der Waals surface area contributed by atoms with Crippen LogP contribution in [0.1, 0.15) is 24.6 Å². The second-order valence-corrected chi connectivity index (χ2v) is 8.24. The first-order valence-electron chi connectivity index (χ1n) is 7.21. The number of hydrogen-bond acceptors (Lipinski definition) is 6. The molecule has 1 saturated carbocycles. The van der Waals surface area contributed by atoms with Crippen LogP contribution >= 0.6 is 0 Å². The van der Waals surface area contributed by atoms with Gasteiger partial charge in [0.2, 0.25) is 11.7 Å². The second kappa shape index (κ2) is 5.92. The molecule has 0 saturated heterocycles. The van der Waals surface area contributed by atoms with Crippen LogP contribution in [0.4, 0.5) is 4.39 Å². The van der Waals surface area contributed by atoms with Crippen molar-refractivity contribution in [3.63, 3.8) is 0 Å². The van der Waals surface area contributed by atoms with E-state index in [0.29, 0.717) is 23.9 Å². The van der Waals surface area contributed by atoms with Gasteiger partial charge in [-0.1, -0.05) is 11.2 Å². The lowest BCUT2D eigenvalue weighted by Gasteiger charge is -2.09. The molecule has 0 radical (unpaired) electrons. The largest absolute Gasteiger partial charge is 0.485 e. The molecule has 1 aliphatic rings. The molecule has 0 N–H and O–H groups in total. The summed E-state index contributed by atoms with van der Waals surface area (Å²) in [5.74, 6) is 0.889.